The van der Waals surface area contributed by atoms with Gasteiger partial charge in [-0.2, -0.15) is 5.26 Å². The van der Waals surface area contributed by atoms with Crippen LogP contribution in [0.25, 0.3) is 0 Å². The Bertz CT molecular complexity index is 704. The molecule has 5 nitrogen and oxygen atoms in total. The fraction of sp³-hybridized carbons (Fsp3) is 0.143. The van der Waals surface area contributed by atoms with Gasteiger partial charge in [0.2, 0.25) is 10.0 Å². The standard InChI is InChI=1S/C14H13N3O2S/c15-10-13-6-7-14(11-16-13)20(18,19)17-9-8-12-4-2-1-3-5-12/h1-7,11,17H,8-9H2. The highest BCUT2D eigenvalue weighted by Crippen LogP contribution is 2.07. The van der Waals surface area contributed by atoms with E-state index in [4.69, 9.17) is 5.26 Å². The molecule has 102 valence electrons. The number of nitrogens with zero attached hydrogens (tertiary/aromatic N) is 2. The quantitative estimate of drug-likeness (QED) is 0.902. The highest BCUT2D eigenvalue weighted by molar-refractivity contribution is 7.89. The van der Waals surface area contributed by atoms with E-state index in [0.717, 1.165) is 5.56 Å². The molecule has 0 aliphatic rings. The number of hydrogen-bond acceptors (Lipinski definition) is 4. The summed E-state index contributed by atoms with van der Waals surface area (Å²) >= 11 is 0. The maximum atomic E-state index is 12.0. The summed E-state index contributed by atoms with van der Waals surface area (Å²) in [5, 5.41) is 8.62. The molecule has 0 amide bonds. The molecule has 2 aromatic rings. The number of nitrogens with one attached hydrogen (secondary N) is 1. The van der Waals surface area contributed by atoms with Gasteiger partial charge in [0, 0.05) is 12.7 Å². The van der Waals surface area contributed by atoms with Crippen LogP contribution in [-0.4, -0.2) is 19.9 Å². The first-order chi connectivity index (χ1) is 9.62. The Morgan fingerprint density at radius 2 is 1.90 bits per heavy atom. The number of benzene rings is 1. The van der Waals surface area contributed by atoms with Crippen LogP contribution in [0.4, 0.5) is 0 Å². The summed E-state index contributed by atoms with van der Waals surface area (Å²) in [6, 6.07) is 14.2. The number of nitriles is 1. The van der Waals surface area contributed by atoms with Crippen LogP contribution in [-0.2, 0) is 16.4 Å². The maximum absolute atomic E-state index is 12.0. The zero-order chi connectivity index (χ0) is 14.4. The third-order valence-electron chi connectivity index (χ3n) is 2.71. The number of hydrogen-bond donors (Lipinski definition) is 1. The molecule has 0 radical (unpaired) electrons. The van der Waals surface area contributed by atoms with Gasteiger partial charge in [0.05, 0.1) is 0 Å². The molecule has 0 aliphatic carbocycles. The van der Waals surface area contributed by atoms with Crippen LogP contribution in [0.3, 0.4) is 0 Å². The molecule has 2 rings (SSSR count). The molecule has 0 bridgehead atoms. The SMILES string of the molecule is N#Cc1ccc(S(=O)(=O)NCCc2ccccc2)cn1. The van der Waals surface area contributed by atoms with E-state index in [1.165, 1.54) is 18.3 Å². The van der Waals surface area contributed by atoms with Gasteiger partial charge in [0.15, 0.2) is 0 Å². The van der Waals surface area contributed by atoms with Crippen molar-refractivity contribution in [3.05, 3.63) is 59.9 Å². The first kappa shape index (κ1) is 14.2. The molecule has 1 aromatic carbocycles. The second-order valence-corrected chi connectivity index (χ2v) is 5.89. The van der Waals surface area contributed by atoms with E-state index < -0.39 is 10.0 Å². The zero-order valence-electron chi connectivity index (χ0n) is 10.7. The Morgan fingerprint density at radius 1 is 1.15 bits per heavy atom. The van der Waals surface area contributed by atoms with E-state index in [2.05, 4.69) is 9.71 Å². The summed E-state index contributed by atoms with van der Waals surface area (Å²) in [4.78, 5) is 3.81. The van der Waals surface area contributed by atoms with Crippen LogP contribution in [0, 0.1) is 11.3 Å². The molecule has 0 saturated carbocycles. The second-order valence-electron chi connectivity index (χ2n) is 4.12. The minimum atomic E-state index is -3.58. The Morgan fingerprint density at radius 3 is 2.50 bits per heavy atom. The van der Waals surface area contributed by atoms with Gasteiger partial charge >= 0.3 is 0 Å². The van der Waals surface area contributed by atoms with Gasteiger partial charge in [-0.3, -0.25) is 0 Å². The lowest BCUT2D eigenvalue weighted by Crippen LogP contribution is -2.26. The van der Waals surface area contributed by atoms with Crippen molar-refractivity contribution in [1.82, 2.24) is 9.71 Å². The van der Waals surface area contributed by atoms with E-state index in [0.29, 0.717) is 13.0 Å². The van der Waals surface area contributed by atoms with Crippen LogP contribution in [0.15, 0.2) is 53.6 Å². The summed E-state index contributed by atoms with van der Waals surface area (Å²) in [6.45, 7) is 0.312. The average Bonchev–Trinajstić information content (AvgIpc) is 2.48. The van der Waals surface area contributed by atoms with Crippen molar-refractivity contribution in [1.29, 1.82) is 5.26 Å². The minimum absolute atomic E-state index is 0.0598. The van der Waals surface area contributed by atoms with E-state index >= 15 is 0 Å². The molecule has 0 atom stereocenters. The summed E-state index contributed by atoms with van der Waals surface area (Å²) in [5.41, 5.74) is 1.25. The third kappa shape index (κ3) is 3.63. The van der Waals surface area contributed by atoms with Crippen molar-refractivity contribution in [2.75, 3.05) is 6.54 Å². The summed E-state index contributed by atoms with van der Waals surface area (Å²) in [5.74, 6) is 0. The Hall–Kier alpha value is -2.23. The maximum Gasteiger partial charge on any atom is 0.242 e. The van der Waals surface area contributed by atoms with Crippen LogP contribution in [0.5, 0.6) is 0 Å². The first-order valence-corrected chi connectivity index (χ1v) is 7.50. The highest BCUT2D eigenvalue weighted by atomic mass is 32.2. The summed E-state index contributed by atoms with van der Waals surface area (Å²) in [6.07, 6.45) is 1.80. The van der Waals surface area contributed by atoms with Crippen LogP contribution in [0.2, 0.25) is 0 Å². The van der Waals surface area contributed by atoms with Gasteiger partial charge < -0.3 is 0 Å². The van der Waals surface area contributed by atoms with Gasteiger partial charge in [0.25, 0.3) is 0 Å². The van der Waals surface area contributed by atoms with Gasteiger partial charge in [-0.15, -0.1) is 0 Å². The molecule has 20 heavy (non-hydrogen) atoms. The Kier molecular flexibility index (Phi) is 4.45. The van der Waals surface area contributed by atoms with Crippen molar-refractivity contribution < 1.29 is 8.42 Å². The Labute approximate surface area is 118 Å². The molecule has 6 heteroatoms. The molecule has 0 spiro atoms. The average molecular weight is 287 g/mol. The number of aromatic nitrogens is 1. The second kappa shape index (κ2) is 6.28. The van der Waals surface area contributed by atoms with Gasteiger partial charge in [0.1, 0.15) is 16.7 Å². The largest absolute Gasteiger partial charge is 0.244 e. The minimum Gasteiger partial charge on any atom is -0.244 e. The number of pyridine rings is 1. The lowest BCUT2D eigenvalue weighted by molar-refractivity contribution is 0.581. The third-order valence-corrected chi connectivity index (χ3v) is 4.16. The van der Waals surface area contributed by atoms with E-state index in [1.54, 1.807) is 0 Å². The Balaban J connectivity index is 1.99. The lowest BCUT2D eigenvalue weighted by Gasteiger charge is -2.06. The molecule has 0 unspecified atom stereocenters. The molecule has 1 heterocycles. The highest BCUT2D eigenvalue weighted by Gasteiger charge is 2.13. The van der Waals surface area contributed by atoms with Crippen molar-refractivity contribution >= 4 is 10.0 Å². The van der Waals surface area contributed by atoms with E-state index in [9.17, 15) is 8.42 Å². The summed E-state index contributed by atoms with van der Waals surface area (Å²) in [7, 11) is -3.58. The molecule has 0 fully saturated rings. The predicted molar refractivity (Wildman–Crippen MR) is 74.3 cm³/mol. The number of sulfonamides is 1. The van der Waals surface area contributed by atoms with Crippen molar-refractivity contribution in [3.8, 4) is 6.07 Å². The topological polar surface area (TPSA) is 82.8 Å². The number of rotatable bonds is 5. The molecule has 0 saturated heterocycles. The van der Waals surface area contributed by atoms with Crippen molar-refractivity contribution in [2.24, 2.45) is 0 Å². The molecule has 0 aliphatic heterocycles. The van der Waals surface area contributed by atoms with Crippen LogP contribution >= 0.6 is 0 Å². The van der Waals surface area contributed by atoms with Crippen LogP contribution < -0.4 is 4.72 Å². The van der Waals surface area contributed by atoms with E-state index in [1.807, 2.05) is 36.4 Å². The fourth-order valence-electron chi connectivity index (χ4n) is 1.66. The molecule has 1 aromatic heterocycles. The predicted octanol–water partition coefficient (Wildman–Crippen LogP) is 1.47. The normalized spacial score (nSPS) is 10.9. The molecule has 1 N–H and O–H groups in total. The lowest BCUT2D eigenvalue weighted by atomic mass is 10.2. The van der Waals surface area contributed by atoms with Crippen molar-refractivity contribution in [3.63, 3.8) is 0 Å². The fourth-order valence-corrected chi connectivity index (χ4v) is 2.64. The van der Waals surface area contributed by atoms with E-state index in [-0.39, 0.29) is 10.6 Å². The van der Waals surface area contributed by atoms with Gasteiger partial charge in [-0.1, -0.05) is 30.3 Å². The zero-order valence-corrected chi connectivity index (χ0v) is 11.5. The van der Waals surface area contributed by atoms with Crippen molar-refractivity contribution in [2.45, 2.75) is 11.3 Å². The molecular formula is C14H13N3O2S. The van der Waals surface area contributed by atoms with Gasteiger partial charge in [-0.25, -0.2) is 18.1 Å². The first-order valence-electron chi connectivity index (χ1n) is 6.01. The smallest absolute Gasteiger partial charge is 0.242 e. The van der Waals surface area contributed by atoms with Gasteiger partial charge in [-0.05, 0) is 24.1 Å². The molecular weight excluding hydrogens is 274 g/mol. The van der Waals surface area contributed by atoms with Crippen LogP contribution in [0.1, 0.15) is 11.3 Å². The monoisotopic (exact) mass is 287 g/mol. The summed E-state index contributed by atoms with van der Waals surface area (Å²) < 4.78 is 26.5.